The molecule has 1 aromatic heterocycles. The van der Waals surface area contributed by atoms with Gasteiger partial charge in [-0.2, -0.15) is 0 Å². The fraction of sp³-hybridized carbons (Fsp3) is 0.692. The van der Waals surface area contributed by atoms with Gasteiger partial charge in [-0.25, -0.2) is 13.4 Å². The number of hydrogen-bond donors (Lipinski definition) is 2. The zero-order valence-electron chi connectivity index (χ0n) is 12.1. The SMILES string of the molecule is Cc1csc(CNC2CC2)c1S(=O)(=O)NN1CCOCC1. The Labute approximate surface area is 129 Å². The van der Waals surface area contributed by atoms with Crippen LogP contribution in [0.3, 0.4) is 0 Å². The molecule has 2 N–H and O–H groups in total. The molecule has 0 aromatic carbocycles. The summed E-state index contributed by atoms with van der Waals surface area (Å²) in [5.74, 6) is 0. The lowest BCUT2D eigenvalue weighted by molar-refractivity contribution is 0.0272. The first-order chi connectivity index (χ1) is 10.1. The number of ether oxygens (including phenoxy) is 1. The number of rotatable bonds is 6. The first kappa shape index (κ1) is 15.4. The van der Waals surface area contributed by atoms with E-state index in [2.05, 4.69) is 10.1 Å². The van der Waals surface area contributed by atoms with Gasteiger partial charge in [0.2, 0.25) is 0 Å². The van der Waals surface area contributed by atoms with Gasteiger partial charge >= 0.3 is 0 Å². The van der Waals surface area contributed by atoms with Crippen LogP contribution in [-0.4, -0.2) is 45.8 Å². The maximum absolute atomic E-state index is 12.6. The number of nitrogens with one attached hydrogen (secondary N) is 2. The molecule has 21 heavy (non-hydrogen) atoms. The van der Waals surface area contributed by atoms with Gasteiger partial charge in [-0.05, 0) is 30.7 Å². The maximum Gasteiger partial charge on any atom is 0.254 e. The molecule has 1 saturated carbocycles. The highest BCUT2D eigenvalue weighted by Crippen LogP contribution is 2.28. The Morgan fingerprint density at radius 1 is 1.38 bits per heavy atom. The van der Waals surface area contributed by atoms with Crippen LogP contribution in [-0.2, 0) is 21.3 Å². The van der Waals surface area contributed by atoms with Crippen molar-refractivity contribution < 1.29 is 13.2 Å². The van der Waals surface area contributed by atoms with Crippen LogP contribution in [0, 0.1) is 6.92 Å². The Bertz CT molecular complexity index is 590. The largest absolute Gasteiger partial charge is 0.379 e. The number of nitrogens with zero attached hydrogens (tertiary/aromatic N) is 1. The van der Waals surface area contributed by atoms with Gasteiger partial charge in [0.05, 0.1) is 13.2 Å². The van der Waals surface area contributed by atoms with Gasteiger partial charge in [0.15, 0.2) is 0 Å². The summed E-state index contributed by atoms with van der Waals surface area (Å²) in [6, 6.07) is 0.565. The molecule has 0 radical (unpaired) electrons. The van der Waals surface area contributed by atoms with Crippen molar-refractivity contribution in [1.82, 2.24) is 15.2 Å². The first-order valence-corrected chi connectivity index (χ1v) is 9.58. The lowest BCUT2D eigenvalue weighted by atomic mass is 10.3. The molecule has 2 heterocycles. The molecule has 3 rings (SSSR count). The molecule has 2 fully saturated rings. The van der Waals surface area contributed by atoms with Crippen LogP contribution in [0.2, 0.25) is 0 Å². The molecular weight excluding hydrogens is 310 g/mol. The zero-order valence-corrected chi connectivity index (χ0v) is 13.7. The second kappa shape index (κ2) is 6.31. The fourth-order valence-electron chi connectivity index (χ4n) is 2.36. The number of sulfonamides is 1. The van der Waals surface area contributed by atoms with Crippen molar-refractivity contribution in [2.45, 2.75) is 37.2 Å². The molecule has 118 valence electrons. The van der Waals surface area contributed by atoms with Crippen LogP contribution in [0.4, 0.5) is 0 Å². The Morgan fingerprint density at radius 2 is 2.10 bits per heavy atom. The summed E-state index contributed by atoms with van der Waals surface area (Å²) in [6.45, 7) is 4.76. The second-order valence-electron chi connectivity index (χ2n) is 5.52. The van der Waals surface area contributed by atoms with E-state index < -0.39 is 10.0 Å². The van der Waals surface area contributed by atoms with Gasteiger partial charge in [0, 0.05) is 30.6 Å². The number of aryl methyl sites for hydroxylation is 1. The van der Waals surface area contributed by atoms with Crippen LogP contribution < -0.4 is 10.1 Å². The molecule has 0 atom stereocenters. The van der Waals surface area contributed by atoms with Crippen LogP contribution in [0.25, 0.3) is 0 Å². The summed E-state index contributed by atoms with van der Waals surface area (Å²) < 4.78 is 30.5. The van der Waals surface area contributed by atoms with Crippen LogP contribution in [0.15, 0.2) is 10.3 Å². The third kappa shape index (κ3) is 3.82. The van der Waals surface area contributed by atoms with Gasteiger partial charge in [-0.15, -0.1) is 16.2 Å². The smallest absolute Gasteiger partial charge is 0.254 e. The Balaban J connectivity index is 1.74. The number of morpholine rings is 1. The Morgan fingerprint density at radius 3 is 2.76 bits per heavy atom. The van der Waals surface area contributed by atoms with Crippen LogP contribution >= 0.6 is 11.3 Å². The van der Waals surface area contributed by atoms with E-state index in [1.807, 2.05) is 12.3 Å². The second-order valence-corrected chi connectivity index (χ2v) is 8.08. The molecule has 1 aromatic rings. The van der Waals surface area contributed by atoms with Crippen LogP contribution in [0.1, 0.15) is 23.3 Å². The number of thiophene rings is 1. The van der Waals surface area contributed by atoms with Gasteiger partial charge < -0.3 is 10.1 Å². The normalized spacial score (nSPS) is 20.8. The molecule has 8 heteroatoms. The van der Waals surface area contributed by atoms with E-state index in [4.69, 9.17) is 4.74 Å². The molecule has 1 saturated heterocycles. The molecule has 0 bridgehead atoms. The van der Waals surface area contributed by atoms with Gasteiger partial charge in [0.1, 0.15) is 4.90 Å². The Hall–Kier alpha value is -0.510. The topological polar surface area (TPSA) is 70.7 Å². The lowest BCUT2D eigenvalue weighted by Gasteiger charge is -2.27. The van der Waals surface area contributed by atoms with E-state index in [-0.39, 0.29) is 0 Å². The minimum atomic E-state index is -3.51. The molecule has 1 aliphatic heterocycles. The van der Waals surface area contributed by atoms with Crippen molar-refractivity contribution in [3.05, 3.63) is 15.8 Å². The summed E-state index contributed by atoms with van der Waals surface area (Å²) >= 11 is 1.51. The molecule has 2 aliphatic rings. The predicted octanol–water partition coefficient (Wildman–Crippen LogP) is 0.834. The molecule has 0 amide bonds. The Kier molecular flexibility index (Phi) is 4.63. The highest BCUT2D eigenvalue weighted by atomic mass is 32.2. The predicted molar refractivity (Wildman–Crippen MR) is 81.6 cm³/mol. The van der Waals surface area contributed by atoms with Gasteiger partial charge in [-0.3, -0.25) is 0 Å². The summed E-state index contributed by atoms with van der Waals surface area (Å²) in [5, 5.41) is 7.02. The van der Waals surface area contributed by atoms with Crippen molar-refractivity contribution in [3.63, 3.8) is 0 Å². The zero-order chi connectivity index (χ0) is 14.9. The molecule has 6 nitrogen and oxygen atoms in total. The van der Waals surface area contributed by atoms with Crippen molar-refractivity contribution in [2.75, 3.05) is 26.3 Å². The minimum absolute atomic E-state index is 0.437. The third-order valence-corrected chi connectivity index (χ3v) is 6.49. The summed E-state index contributed by atoms with van der Waals surface area (Å²) in [6.07, 6.45) is 2.39. The first-order valence-electron chi connectivity index (χ1n) is 7.22. The quantitative estimate of drug-likeness (QED) is 0.808. The standard InChI is InChI=1S/C13H21N3O3S2/c1-10-9-20-12(8-14-11-2-3-11)13(10)21(17,18)15-16-4-6-19-7-5-16/h9,11,14-15H,2-8H2,1H3. The summed E-state index contributed by atoms with van der Waals surface area (Å²) in [7, 11) is -3.51. The van der Waals surface area contributed by atoms with Crippen molar-refractivity contribution >= 4 is 21.4 Å². The van der Waals surface area contributed by atoms with E-state index in [0.29, 0.717) is 43.8 Å². The van der Waals surface area contributed by atoms with Gasteiger partial charge in [0.25, 0.3) is 10.0 Å². The minimum Gasteiger partial charge on any atom is -0.379 e. The average molecular weight is 331 g/mol. The van der Waals surface area contributed by atoms with Crippen molar-refractivity contribution in [3.8, 4) is 0 Å². The summed E-state index contributed by atoms with van der Waals surface area (Å²) in [4.78, 5) is 4.01. The maximum atomic E-state index is 12.6. The van der Waals surface area contributed by atoms with E-state index >= 15 is 0 Å². The van der Waals surface area contributed by atoms with Crippen molar-refractivity contribution in [1.29, 1.82) is 0 Å². The van der Waals surface area contributed by atoms with E-state index in [1.54, 1.807) is 5.01 Å². The molecule has 0 unspecified atom stereocenters. The molecule has 1 aliphatic carbocycles. The van der Waals surface area contributed by atoms with Crippen molar-refractivity contribution in [2.24, 2.45) is 0 Å². The monoisotopic (exact) mass is 331 g/mol. The molecule has 0 spiro atoms. The van der Waals surface area contributed by atoms with Crippen LogP contribution in [0.5, 0.6) is 0 Å². The van der Waals surface area contributed by atoms with Gasteiger partial charge in [-0.1, -0.05) is 0 Å². The molecular formula is C13H21N3O3S2. The lowest BCUT2D eigenvalue weighted by Crippen LogP contribution is -2.48. The number of hydrazine groups is 1. The highest BCUT2D eigenvalue weighted by molar-refractivity contribution is 7.89. The number of hydrogen-bond acceptors (Lipinski definition) is 6. The van der Waals surface area contributed by atoms with E-state index in [0.717, 1.165) is 10.4 Å². The third-order valence-electron chi connectivity index (χ3n) is 3.65. The fourth-order valence-corrected chi connectivity index (χ4v) is 5.25. The highest BCUT2D eigenvalue weighted by Gasteiger charge is 2.27. The summed E-state index contributed by atoms with van der Waals surface area (Å²) in [5.41, 5.74) is 0.813. The van der Waals surface area contributed by atoms with E-state index in [1.165, 1.54) is 24.2 Å². The van der Waals surface area contributed by atoms with E-state index in [9.17, 15) is 8.42 Å². The average Bonchev–Trinajstić information content (AvgIpc) is 3.19.